The molecule has 1 aliphatic heterocycles. The van der Waals surface area contributed by atoms with Gasteiger partial charge in [0.25, 0.3) is 10.0 Å². The van der Waals surface area contributed by atoms with Crippen LogP contribution in [0.15, 0.2) is 9.00 Å². The zero-order chi connectivity index (χ0) is 15.6. The third-order valence-electron chi connectivity index (χ3n) is 4.11. The lowest BCUT2D eigenvalue weighted by Gasteiger charge is -2.36. The van der Waals surface area contributed by atoms with E-state index in [4.69, 9.17) is 0 Å². The number of rotatable bonds is 5. The van der Waals surface area contributed by atoms with Gasteiger partial charge >= 0.3 is 4.87 Å². The molecule has 6 nitrogen and oxygen atoms in total. The quantitative estimate of drug-likeness (QED) is 0.880. The van der Waals surface area contributed by atoms with Crippen molar-refractivity contribution in [2.45, 2.75) is 43.9 Å². The number of thiazole rings is 1. The van der Waals surface area contributed by atoms with Crippen molar-refractivity contribution in [1.82, 2.24) is 14.2 Å². The number of piperidine rings is 1. The molecule has 1 N–H and O–H groups in total. The van der Waals surface area contributed by atoms with Crippen LogP contribution in [-0.4, -0.2) is 54.8 Å². The molecular formula is C13H23N3O3S2. The Morgan fingerprint density at radius 3 is 2.29 bits per heavy atom. The Kier molecular flexibility index (Phi) is 5.24. The standard InChI is InChI=1S/C13H23N3O3S2/c1-4-15(5-2)11-6-8-16(9-7-11)21(18,19)12-10(3)14-13(17)20-12/h11H,4-9H2,1-3H3,(H,14,17). The molecule has 0 spiro atoms. The molecule has 0 aromatic carbocycles. The van der Waals surface area contributed by atoms with E-state index in [-0.39, 0.29) is 9.08 Å². The lowest BCUT2D eigenvalue weighted by Crippen LogP contribution is -2.46. The fraction of sp³-hybridized carbons (Fsp3) is 0.769. The summed E-state index contributed by atoms with van der Waals surface area (Å²) in [6, 6.07) is 0.456. The molecule has 1 aromatic heterocycles. The molecule has 0 amide bonds. The first-order chi connectivity index (χ1) is 9.90. The van der Waals surface area contributed by atoms with E-state index < -0.39 is 10.0 Å². The minimum atomic E-state index is -3.53. The summed E-state index contributed by atoms with van der Waals surface area (Å²) in [6.07, 6.45) is 1.69. The van der Waals surface area contributed by atoms with Crippen LogP contribution in [0.1, 0.15) is 32.4 Å². The minimum Gasteiger partial charge on any atom is -0.315 e. The third kappa shape index (κ3) is 3.39. The highest BCUT2D eigenvalue weighted by Crippen LogP contribution is 2.25. The van der Waals surface area contributed by atoms with Crippen molar-refractivity contribution in [2.75, 3.05) is 26.2 Å². The van der Waals surface area contributed by atoms with Gasteiger partial charge in [0.1, 0.15) is 0 Å². The van der Waals surface area contributed by atoms with Crippen LogP contribution in [0.3, 0.4) is 0 Å². The van der Waals surface area contributed by atoms with E-state index in [9.17, 15) is 13.2 Å². The number of aromatic nitrogens is 1. The molecule has 8 heteroatoms. The predicted octanol–water partition coefficient (Wildman–Crippen LogP) is 1.24. The maximum absolute atomic E-state index is 12.6. The summed E-state index contributed by atoms with van der Waals surface area (Å²) in [7, 11) is -3.53. The zero-order valence-corrected chi connectivity index (χ0v) is 14.4. The van der Waals surface area contributed by atoms with Crippen LogP contribution in [0.25, 0.3) is 0 Å². The Labute approximate surface area is 129 Å². The zero-order valence-electron chi connectivity index (χ0n) is 12.8. The second-order valence-corrected chi connectivity index (χ2v) is 8.40. The highest BCUT2D eigenvalue weighted by Gasteiger charge is 2.33. The molecule has 1 saturated heterocycles. The summed E-state index contributed by atoms with van der Waals surface area (Å²) in [4.78, 5) is 15.9. The van der Waals surface area contributed by atoms with E-state index in [2.05, 4.69) is 23.7 Å². The van der Waals surface area contributed by atoms with Gasteiger partial charge in [0, 0.05) is 24.8 Å². The number of nitrogens with one attached hydrogen (secondary N) is 1. The smallest absolute Gasteiger partial charge is 0.305 e. The van der Waals surface area contributed by atoms with Crippen molar-refractivity contribution < 1.29 is 8.42 Å². The van der Waals surface area contributed by atoms with E-state index in [1.54, 1.807) is 6.92 Å². The second-order valence-electron chi connectivity index (χ2n) is 5.28. The fourth-order valence-corrected chi connectivity index (χ4v) is 5.85. The Hall–Kier alpha value is -0.700. The molecule has 21 heavy (non-hydrogen) atoms. The molecule has 2 heterocycles. The Balaban J connectivity index is 2.11. The van der Waals surface area contributed by atoms with Crippen LogP contribution in [0.5, 0.6) is 0 Å². The summed E-state index contributed by atoms with van der Waals surface area (Å²) < 4.78 is 26.9. The number of H-pyrrole nitrogens is 1. The molecule has 1 aromatic rings. The Bertz CT molecular complexity index is 623. The van der Waals surface area contributed by atoms with Crippen molar-refractivity contribution in [3.63, 3.8) is 0 Å². The van der Waals surface area contributed by atoms with Gasteiger partial charge in [0.15, 0.2) is 4.21 Å². The summed E-state index contributed by atoms with van der Waals surface area (Å²) >= 11 is 0.780. The molecule has 0 atom stereocenters. The van der Waals surface area contributed by atoms with Crippen molar-refractivity contribution in [3.8, 4) is 0 Å². The first kappa shape index (κ1) is 16.7. The highest BCUT2D eigenvalue weighted by atomic mass is 32.2. The van der Waals surface area contributed by atoms with E-state index in [0.29, 0.717) is 24.8 Å². The van der Waals surface area contributed by atoms with Gasteiger partial charge in [-0.1, -0.05) is 25.2 Å². The van der Waals surface area contributed by atoms with Crippen molar-refractivity contribution >= 4 is 21.4 Å². The number of sulfonamides is 1. The van der Waals surface area contributed by atoms with Gasteiger partial charge in [0.2, 0.25) is 0 Å². The summed E-state index contributed by atoms with van der Waals surface area (Å²) in [6.45, 7) is 8.93. The van der Waals surface area contributed by atoms with Gasteiger partial charge in [-0.15, -0.1) is 0 Å². The maximum Gasteiger partial charge on any atom is 0.305 e. The van der Waals surface area contributed by atoms with Gasteiger partial charge in [0.05, 0.1) is 0 Å². The predicted molar refractivity (Wildman–Crippen MR) is 84.4 cm³/mol. The number of hydrogen-bond donors (Lipinski definition) is 1. The van der Waals surface area contributed by atoms with Crippen LogP contribution in [-0.2, 0) is 10.0 Å². The van der Waals surface area contributed by atoms with E-state index >= 15 is 0 Å². The van der Waals surface area contributed by atoms with Crippen molar-refractivity contribution in [3.05, 3.63) is 15.4 Å². The average Bonchev–Trinajstić information content (AvgIpc) is 2.80. The lowest BCUT2D eigenvalue weighted by atomic mass is 10.1. The molecule has 0 aliphatic carbocycles. The number of aromatic amines is 1. The van der Waals surface area contributed by atoms with Gasteiger partial charge < -0.3 is 9.88 Å². The molecule has 1 fully saturated rings. The Morgan fingerprint density at radius 2 is 1.86 bits per heavy atom. The molecule has 0 unspecified atom stereocenters. The van der Waals surface area contributed by atoms with Crippen LogP contribution >= 0.6 is 11.3 Å². The SMILES string of the molecule is CCN(CC)C1CCN(S(=O)(=O)c2sc(=O)[nH]c2C)CC1. The van der Waals surface area contributed by atoms with E-state index in [0.717, 1.165) is 37.3 Å². The van der Waals surface area contributed by atoms with Crippen LogP contribution < -0.4 is 4.87 Å². The fourth-order valence-electron chi connectivity index (χ4n) is 2.94. The molecule has 120 valence electrons. The van der Waals surface area contributed by atoms with Gasteiger partial charge in [-0.05, 0) is 32.9 Å². The molecule has 0 radical (unpaired) electrons. The third-order valence-corrected chi connectivity index (χ3v) is 7.59. The maximum atomic E-state index is 12.6. The van der Waals surface area contributed by atoms with Crippen molar-refractivity contribution in [2.24, 2.45) is 0 Å². The topological polar surface area (TPSA) is 73.5 Å². The monoisotopic (exact) mass is 333 g/mol. The van der Waals surface area contributed by atoms with Crippen molar-refractivity contribution in [1.29, 1.82) is 0 Å². The number of nitrogens with zero attached hydrogens (tertiary/aromatic N) is 2. The van der Waals surface area contributed by atoms with Crippen LogP contribution in [0.2, 0.25) is 0 Å². The summed E-state index contributed by atoms with van der Waals surface area (Å²) in [5.41, 5.74) is 0.441. The lowest BCUT2D eigenvalue weighted by molar-refractivity contribution is 0.152. The normalized spacial score (nSPS) is 18.5. The first-order valence-corrected chi connectivity index (χ1v) is 9.59. The first-order valence-electron chi connectivity index (χ1n) is 7.34. The second kappa shape index (κ2) is 6.60. The van der Waals surface area contributed by atoms with Gasteiger partial charge in [-0.25, -0.2) is 8.42 Å². The Morgan fingerprint density at radius 1 is 1.29 bits per heavy atom. The molecular weight excluding hydrogens is 310 g/mol. The largest absolute Gasteiger partial charge is 0.315 e. The number of aryl methyl sites for hydroxylation is 1. The van der Waals surface area contributed by atoms with Gasteiger partial charge in [-0.2, -0.15) is 4.31 Å². The highest BCUT2D eigenvalue weighted by molar-refractivity contribution is 7.91. The van der Waals surface area contributed by atoms with E-state index in [1.165, 1.54) is 4.31 Å². The van der Waals surface area contributed by atoms with Gasteiger partial charge in [-0.3, -0.25) is 4.79 Å². The van der Waals surface area contributed by atoms with E-state index in [1.807, 2.05) is 0 Å². The molecule has 2 rings (SSSR count). The average molecular weight is 333 g/mol. The van der Waals surface area contributed by atoms with Crippen LogP contribution in [0.4, 0.5) is 0 Å². The summed E-state index contributed by atoms with van der Waals surface area (Å²) in [5.74, 6) is 0. The molecule has 0 saturated carbocycles. The molecule has 0 bridgehead atoms. The minimum absolute atomic E-state index is 0.161. The number of hydrogen-bond acceptors (Lipinski definition) is 5. The summed E-state index contributed by atoms with van der Waals surface area (Å²) in [5, 5.41) is 0. The van der Waals surface area contributed by atoms with Crippen LogP contribution in [0, 0.1) is 6.92 Å². The molecule has 1 aliphatic rings.